The normalized spacial score (nSPS) is 19.2. The van der Waals surface area contributed by atoms with Crippen LogP contribution >= 0.6 is 0 Å². The monoisotopic (exact) mass is 345 g/mol. The molecule has 0 saturated heterocycles. The molecule has 0 radical (unpaired) electrons. The Bertz CT molecular complexity index is 805. The third-order valence-corrected chi connectivity index (χ3v) is 4.29. The predicted molar refractivity (Wildman–Crippen MR) is 92.1 cm³/mol. The van der Waals surface area contributed by atoms with E-state index in [4.69, 9.17) is 0 Å². The van der Waals surface area contributed by atoms with Crippen molar-refractivity contribution in [2.75, 3.05) is 0 Å². The SMILES string of the molecule is CCCC1=[N+]([O-])C(c2ccc(C(F)(F)F)cc2)/C1=C\c1ccccc1. The lowest BCUT2D eigenvalue weighted by atomic mass is 9.85. The van der Waals surface area contributed by atoms with Gasteiger partial charge in [-0.05, 0) is 30.2 Å². The van der Waals surface area contributed by atoms with Crippen molar-refractivity contribution in [1.82, 2.24) is 0 Å². The third kappa shape index (κ3) is 3.45. The highest BCUT2D eigenvalue weighted by atomic mass is 19.4. The fourth-order valence-electron chi connectivity index (χ4n) is 3.05. The van der Waals surface area contributed by atoms with Crippen LogP contribution in [0.25, 0.3) is 6.08 Å². The Morgan fingerprint density at radius 3 is 2.24 bits per heavy atom. The largest absolute Gasteiger partial charge is 0.623 e. The molecular weight excluding hydrogens is 327 g/mol. The van der Waals surface area contributed by atoms with Gasteiger partial charge in [-0.2, -0.15) is 17.9 Å². The second-order valence-electron chi connectivity index (χ2n) is 6.06. The summed E-state index contributed by atoms with van der Waals surface area (Å²) in [5.41, 5.74) is 2.42. The summed E-state index contributed by atoms with van der Waals surface area (Å²) in [7, 11) is 0. The number of hydrogen-bond acceptors (Lipinski definition) is 1. The number of hydrogen-bond donors (Lipinski definition) is 0. The van der Waals surface area contributed by atoms with Crippen molar-refractivity contribution in [3.8, 4) is 0 Å². The van der Waals surface area contributed by atoms with E-state index in [1.165, 1.54) is 12.1 Å². The number of benzene rings is 2. The van der Waals surface area contributed by atoms with E-state index in [2.05, 4.69) is 0 Å². The van der Waals surface area contributed by atoms with Gasteiger partial charge in [0, 0.05) is 12.0 Å². The molecule has 0 amide bonds. The average Bonchev–Trinajstić information content (AvgIpc) is 2.60. The molecule has 0 fully saturated rings. The van der Waals surface area contributed by atoms with E-state index in [0.29, 0.717) is 17.7 Å². The summed E-state index contributed by atoms with van der Waals surface area (Å²) in [5, 5.41) is 12.5. The molecule has 5 heteroatoms. The van der Waals surface area contributed by atoms with Gasteiger partial charge in [-0.1, -0.05) is 49.4 Å². The highest BCUT2D eigenvalue weighted by molar-refractivity contribution is 6.04. The highest BCUT2D eigenvalue weighted by Crippen LogP contribution is 2.38. The zero-order valence-electron chi connectivity index (χ0n) is 13.8. The number of hydroxylamine groups is 1. The van der Waals surface area contributed by atoms with E-state index < -0.39 is 17.8 Å². The van der Waals surface area contributed by atoms with Gasteiger partial charge in [0.25, 0.3) is 0 Å². The van der Waals surface area contributed by atoms with Crippen LogP contribution in [0.5, 0.6) is 0 Å². The molecule has 0 spiro atoms. The molecule has 0 bridgehead atoms. The fourth-order valence-corrected chi connectivity index (χ4v) is 3.05. The first kappa shape index (κ1) is 17.3. The zero-order valence-corrected chi connectivity index (χ0v) is 13.8. The van der Waals surface area contributed by atoms with Crippen molar-refractivity contribution < 1.29 is 17.9 Å². The fraction of sp³-hybridized carbons (Fsp3) is 0.250. The van der Waals surface area contributed by atoms with Crippen LogP contribution in [0.15, 0.2) is 60.2 Å². The van der Waals surface area contributed by atoms with E-state index in [-0.39, 0.29) is 0 Å². The lowest BCUT2D eigenvalue weighted by molar-refractivity contribution is -0.518. The molecule has 1 heterocycles. The van der Waals surface area contributed by atoms with Crippen molar-refractivity contribution in [3.05, 3.63) is 82.1 Å². The Labute approximate surface area is 144 Å². The Balaban J connectivity index is 1.97. The molecule has 1 atom stereocenters. The molecule has 0 aliphatic carbocycles. The first-order valence-electron chi connectivity index (χ1n) is 8.18. The van der Waals surface area contributed by atoms with Crippen molar-refractivity contribution in [2.24, 2.45) is 0 Å². The lowest BCUT2D eigenvalue weighted by Gasteiger charge is -2.31. The molecule has 2 aromatic carbocycles. The van der Waals surface area contributed by atoms with Crippen molar-refractivity contribution in [1.29, 1.82) is 0 Å². The quantitative estimate of drug-likeness (QED) is 0.523. The summed E-state index contributed by atoms with van der Waals surface area (Å²) in [6.07, 6.45) is -0.946. The topological polar surface area (TPSA) is 26.1 Å². The molecule has 130 valence electrons. The predicted octanol–water partition coefficient (Wildman–Crippen LogP) is 5.60. The first-order chi connectivity index (χ1) is 11.9. The maximum absolute atomic E-state index is 12.7. The maximum Gasteiger partial charge on any atom is 0.416 e. The number of halogens is 3. The van der Waals surface area contributed by atoms with Crippen LogP contribution in [-0.4, -0.2) is 10.5 Å². The first-order valence-corrected chi connectivity index (χ1v) is 8.18. The molecule has 0 aromatic heterocycles. The second kappa shape index (κ2) is 6.75. The molecule has 2 aromatic rings. The molecule has 25 heavy (non-hydrogen) atoms. The summed E-state index contributed by atoms with van der Waals surface area (Å²) in [4.78, 5) is 0. The van der Waals surface area contributed by atoms with Crippen molar-refractivity contribution in [3.63, 3.8) is 0 Å². The van der Waals surface area contributed by atoms with Crippen LogP contribution in [-0.2, 0) is 6.18 Å². The molecule has 1 aliphatic heterocycles. The van der Waals surface area contributed by atoms with E-state index in [0.717, 1.165) is 34.4 Å². The number of rotatable bonds is 4. The van der Waals surface area contributed by atoms with Crippen LogP contribution in [0, 0.1) is 5.21 Å². The van der Waals surface area contributed by atoms with Gasteiger partial charge in [-0.15, -0.1) is 0 Å². The highest BCUT2D eigenvalue weighted by Gasteiger charge is 2.41. The van der Waals surface area contributed by atoms with Gasteiger partial charge in [0.2, 0.25) is 6.04 Å². The summed E-state index contributed by atoms with van der Waals surface area (Å²) in [6.45, 7) is 1.99. The number of nitrogens with zero attached hydrogens (tertiary/aromatic N) is 1. The van der Waals surface area contributed by atoms with Gasteiger partial charge in [0.15, 0.2) is 5.71 Å². The third-order valence-electron chi connectivity index (χ3n) is 4.29. The summed E-state index contributed by atoms with van der Waals surface area (Å²) in [5.74, 6) is 0. The van der Waals surface area contributed by atoms with E-state index in [9.17, 15) is 18.4 Å². The van der Waals surface area contributed by atoms with E-state index >= 15 is 0 Å². The minimum atomic E-state index is -4.38. The van der Waals surface area contributed by atoms with Gasteiger partial charge in [-0.3, -0.25) is 0 Å². The molecule has 2 nitrogen and oxygen atoms in total. The zero-order chi connectivity index (χ0) is 18.0. The Kier molecular flexibility index (Phi) is 4.66. The molecule has 0 N–H and O–H groups in total. The Morgan fingerprint density at radius 2 is 1.68 bits per heavy atom. The summed E-state index contributed by atoms with van der Waals surface area (Å²) >= 11 is 0. The van der Waals surface area contributed by atoms with Crippen LogP contribution < -0.4 is 0 Å². The minimum absolute atomic E-state index is 0.552. The maximum atomic E-state index is 12.7. The molecule has 0 saturated carbocycles. The standard InChI is InChI=1S/C20H18F3NO/c1-2-6-18-17(13-14-7-4-3-5-8-14)19(24(18)25)15-9-11-16(12-10-15)20(21,22)23/h3-5,7-13,19H,2,6H2,1H3/b17-13-. The smallest absolute Gasteiger partial charge is 0.416 e. The van der Waals surface area contributed by atoms with Crippen LogP contribution in [0.1, 0.15) is 42.5 Å². The van der Waals surface area contributed by atoms with Crippen LogP contribution in [0.4, 0.5) is 13.2 Å². The molecule has 3 rings (SSSR count). The average molecular weight is 345 g/mol. The molecular formula is C20H18F3NO. The van der Waals surface area contributed by atoms with E-state index in [1.807, 2.05) is 43.3 Å². The number of alkyl halides is 3. The van der Waals surface area contributed by atoms with Gasteiger partial charge in [0.1, 0.15) is 0 Å². The second-order valence-corrected chi connectivity index (χ2v) is 6.06. The van der Waals surface area contributed by atoms with Crippen LogP contribution in [0.2, 0.25) is 0 Å². The van der Waals surface area contributed by atoms with Gasteiger partial charge in [-0.25, -0.2) is 0 Å². The Hall–Kier alpha value is -2.56. The van der Waals surface area contributed by atoms with Crippen molar-refractivity contribution in [2.45, 2.75) is 32.0 Å². The summed E-state index contributed by atoms with van der Waals surface area (Å²) < 4.78 is 39.1. The van der Waals surface area contributed by atoms with Crippen LogP contribution in [0.3, 0.4) is 0 Å². The van der Waals surface area contributed by atoms with Gasteiger partial charge >= 0.3 is 6.18 Å². The molecule has 1 unspecified atom stereocenters. The van der Waals surface area contributed by atoms with Crippen molar-refractivity contribution >= 4 is 11.8 Å². The van der Waals surface area contributed by atoms with Gasteiger partial charge in [0.05, 0.1) is 11.1 Å². The molecule has 1 aliphatic rings. The lowest BCUT2D eigenvalue weighted by Crippen LogP contribution is -2.37. The minimum Gasteiger partial charge on any atom is -0.623 e. The van der Waals surface area contributed by atoms with E-state index in [1.54, 1.807) is 0 Å². The Morgan fingerprint density at radius 1 is 1.04 bits per heavy atom. The summed E-state index contributed by atoms with van der Waals surface area (Å²) in [6, 6.07) is 13.9. The van der Waals surface area contributed by atoms with Gasteiger partial charge < -0.3 is 5.21 Å².